The van der Waals surface area contributed by atoms with Gasteiger partial charge in [0.15, 0.2) is 5.78 Å². The number of rotatable bonds is 5. The van der Waals surface area contributed by atoms with E-state index < -0.39 is 0 Å². The fourth-order valence-corrected chi connectivity index (χ4v) is 1.78. The Morgan fingerprint density at radius 1 is 1.20 bits per heavy atom. The van der Waals surface area contributed by atoms with Gasteiger partial charge in [-0.2, -0.15) is 10.2 Å². The second kappa shape index (κ2) is 6.23. The van der Waals surface area contributed by atoms with E-state index in [1.54, 1.807) is 25.3 Å². The van der Waals surface area contributed by atoms with Crippen LogP contribution in [0.2, 0.25) is 0 Å². The Kier molecular flexibility index (Phi) is 4.40. The minimum absolute atomic E-state index is 0.116. The number of ether oxygens (including phenoxy) is 1. The zero-order chi connectivity index (χ0) is 14.5. The van der Waals surface area contributed by atoms with Gasteiger partial charge in [0.2, 0.25) is 0 Å². The first-order chi connectivity index (χ1) is 9.61. The summed E-state index contributed by atoms with van der Waals surface area (Å²) < 4.78 is 5.49. The highest BCUT2D eigenvalue weighted by Gasteiger charge is 2.14. The van der Waals surface area contributed by atoms with E-state index in [9.17, 15) is 4.79 Å². The molecule has 2 aromatic heterocycles. The SMILES string of the molecule is CCCOc1cncc(C(=O)c2cc(C)nnc2C)c1. The second-order valence-electron chi connectivity index (χ2n) is 4.57. The molecule has 0 radical (unpaired) electrons. The lowest BCUT2D eigenvalue weighted by molar-refractivity contribution is 0.103. The molecule has 0 bridgehead atoms. The number of ketones is 1. The van der Waals surface area contributed by atoms with Crippen LogP contribution in [0.25, 0.3) is 0 Å². The molecule has 0 atom stereocenters. The molecule has 0 fully saturated rings. The van der Waals surface area contributed by atoms with Crippen molar-refractivity contribution in [2.24, 2.45) is 0 Å². The normalized spacial score (nSPS) is 10.3. The molecule has 5 nitrogen and oxygen atoms in total. The Balaban J connectivity index is 2.31. The Labute approximate surface area is 118 Å². The highest BCUT2D eigenvalue weighted by Crippen LogP contribution is 2.17. The van der Waals surface area contributed by atoms with Crippen molar-refractivity contribution >= 4 is 5.78 Å². The molecule has 0 aliphatic rings. The van der Waals surface area contributed by atoms with E-state index in [4.69, 9.17) is 4.74 Å². The number of carbonyl (C=O) groups excluding carboxylic acids is 1. The second-order valence-corrected chi connectivity index (χ2v) is 4.57. The van der Waals surface area contributed by atoms with Gasteiger partial charge in [0, 0.05) is 17.3 Å². The minimum Gasteiger partial charge on any atom is -0.492 e. The van der Waals surface area contributed by atoms with Gasteiger partial charge >= 0.3 is 0 Å². The highest BCUT2D eigenvalue weighted by atomic mass is 16.5. The molecular weight excluding hydrogens is 254 g/mol. The summed E-state index contributed by atoms with van der Waals surface area (Å²) in [5.41, 5.74) is 2.37. The van der Waals surface area contributed by atoms with Crippen LogP contribution in [0.4, 0.5) is 0 Å². The molecule has 0 saturated carbocycles. The van der Waals surface area contributed by atoms with Gasteiger partial charge in [0.1, 0.15) is 5.75 Å². The lowest BCUT2D eigenvalue weighted by Gasteiger charge is -2.07. The van der Waals surface area contributed by atoms with Gasteiger partial charge in [-0.1, -0.05) is 6.92 Å². The molecule has 20 heavy (non-hydrogen) atoms. The predicted molar refractivity (Wildman–Crippen MR) is 75.0 cm³/mol. The summed E-state index contributed by atoms with van der Waals surface area (Å²) in [5.74, 6) is 0.490. The summed E-state index contributed by atoms with van der Waals surface area (Å²) in [6, 6.07) is 3.45. The average molecular weight is 271 g/mol. The van der Waals surface area contributed by atoms with Crippen LogP contribution in [0.1, 0.15) is 40.7 Å². The Bertz CT molecular complexity index is 626. The minimum atomic E-state index is -0.116. The lowest BCUT2D eigenvalue weighted by Crippen LogP contribution is -2.08. The smallest absolute Gasteiger partial charge is 0.196 e. The Morgan fingerprint density at radius 3 is 2.75 bits per heavy atom. The average Bonchev–Trinajstić information content (AvgIpc) is 2.47. The quantitative estimate of drug-likeness (QED) is 0.782. The largest absolute Gasteiger partial charge is 0.492 e. The summed E-state index contributed by atoms with van der Waals surface area (Å²) in [6.45, 7) is 6.21. The van der Waals surface area contributed by atoms with Gasteiger partial charge in [-0.05, 0) is 32.4 Å². The van der Waals surface area contributed by atoms with Gasteiger partial charge < -0.3 is 4.74 Å². The molecule has 0 aromatic carbocycles. The first kappa shape index (κ1) is 14.1. The van der Waals surface area contributed by atoms with E-state index >= 15 is 0 Å². The molecular formula is C15H17N3O2. The summed E-state index contributed by atoms with van der Waals surface area (Å²) in [4.78, 5) is 16.5. The fraction of sp³-hybridized carbons (Fsp3) is 0.333. The van der Waals surface area contributed by atoms with Crippen LogP contribution >= 0.6 is 0 Å². The van der Waals surface area contributed by atoms with Crippen LogP contribution < -0.4 is 4.74 Å². The Morgan fingerprint density at radius 2 is 2.00 bits per heavy atom. The molecule has 2 heterocycles. The van der Waals surface area contributed by atoms with E-state index in [1.807, 2.05) is 13.8 Å². The first-order valence-electron chi connectivity index (χ1n) is 6.55. The van der Waals surface area contributed by atoms with Crippen LogP contribution in [0.3, 0.4) is 0 Å². The third-order valence-electron chi connectivity index (χ3n) is 2.79. The van der Waals surface area contributed by atoms with Gasteiger partial charge in [0.25, 0.3) is 0 Å². The molecule has 0 aliphatic carbocycles. The topological polar surface area (TPSA) is 65.0 Å². The van der Waals surface area contributed by atoms with Gasteiger partial charge in [-0.25, -0.2) is 0 Å². The number of hydrogen-bond acceptors (Lipinski definition) is 5. The maximum absolute atomic E-state index is 12.5. The van der Waals surface area contributed by atoms with Crippen LogP contribution in [0, 0.1) is 13.8 Å². The zero-order valence-electron chi connectivity index (χ0n) is 11.9. The van der Waals surface area contributed by atoms with Gasteiger partial charge in [-0.3, -0.25) is 9.78 Å². The van der Waals surface area contributed by atoms with E-state index in [1.165, 1.54) is 6.20 Å². The molecule has 2 rings (SSSR count). The first-order valence-corrected chi connectivity index (χ1v) is 6.55. The number of aromatic nitrogens is 3. The van der Waals surface area contributed by atoms with E-state index in [0.717, 1.165) is 6.42 Å². The fourth-order valence-electron chi connectivity index (χ4n) is 1.78. The molecule has 0 N–H and O–H groups in total. The van der Waals surface area contributed by atoms with Crippen molar-refractivity contribution in [2.75, 3.05) is 6.61 Å². The van der Waals surface area contributed by atoms with Crippen molar-refractivity contribution in [3.8, 4) is 5.75 Å². The van der Waals surface area contributed by atoms with Crippen molar-refractivity contribution in [1.29, 1.82) is 0 Å². The molecule has 0 amide bonds. The van der Waals surface area contributed by atoms with Gasteiger partial charge in [-0.15, -0.1) is 0 Å². The predicted octanol–water partition coefficient (Wildman–Crippen LogP) is 2.51. The molecule has 2 aromatic rings. The number of aryl methyl sites for hydroxylation is 2. The van der Waals surface area contributed by atoms with Crippen molar-refractivity contribution < 1.29 is 9.53 Å². The molecule has 104 valence electrons. The lowest BCUT2D eigenvalue weighted by atomic mass is 10.0. The zero-order valence-corrected chi connectivity index (χ0v) is 11.9. The van der Waals surface area contributed by atoms with Crippen LogP contribution in [0.15, 0.2) is 24.5 Å². The monoisotopic (exact) mass is 271 g/mol. The Hall–Kier alpha value is -2.30. The van der Waals surface area contributed by atoms with E-state index in [-0.39, 0.29) is 5.78 Å². The molecule has 5 heteroatoms. The van der Waals surface area contributed by atoms with Crippen LogP contribution in [0.5, 0.6) is 5.75 Å². The van der Waals surface area contributed by atoms with E-state index in [2.05, 4.69) is 15.2 Å². The molecule has 0 spiro atoms. The number of pyridine rings is 1. The van der Waals surface area contributed by atoms with Crippen molar-refractivity contribution in [2.45, 2.75) is 27.2 Å². The maximum atomic E-state index is 12.5. The van der Waals surface area contributed by atoms with Crippen LogP contribution in [-0.2, 0) is 0 Å². The third-order valence-corrected chi connectivity index (χ3v) is 2.79. The number of carbonyl (C=O) groups is 1. The number of hydrogen-bond donors (Lipinski definition) is 0. The standard InChI is InChI=1S/C15H17N3O2/c1-4-5-20-13-7-12(8-16-9-13)15(19)14-6-10(2)17-18-11(14)3/h6-9H,4-5H2,1-3H3. The summed E-state index contributed by atoms with van der Waals surface area (Å²) in [5, 5.41) is 7.91. The van der Waals surface area contributed by atoms with Crippen molar-refractivity contribution in [1.82, 2.24) is 15.2 Å². The molecule has 0 saturated heterocycles. The van der Waals surface area contributed by atoms with E-state index in [0.29, 0.717) is 34.9 Å². The maximum Gasteiger partial charge on any atom is 0.196 e. The van der Waals surface area contributed by atoms with Crippen molar-refractivity contribution in [3.05, 3.63) is 47.0 Å². The third kappa shape index (κ3) is 3.17. The van der Waals surface area contributed by atoms with Crippen LogP contribution in [-0.4, -0.2) is 27.6 Å². The summed E-state index contributed by atoms with van der Waals surface area (Å²) in [6.07, 6.45) is 4.05. The molecule has 0 aliphatic heterocycles. The van der Waals surface area contributed by atoms with Gasteiger partial charge in [0.05, 0.1) is 24.2 Å². The molecule has 0 unspecified atom stereocenters. The number of nitrogens with zero attached hydrogens (tertiary/aromatic N) is 3. The summed E-state index contributed by atoms with van der Waals surface area (Å²) in [7, 11) is 0. The highest BCUT2D eigenvalue weighted by molar-refractivity contribution is 6.09. The van der Waals surface area contributed by atoms with Crippen molar-refractivity contribution in [3.63, 3.8) is 0 Å². The summed E-state index contributed by atoms with van der Waals surface area (Å²) >= 11 is 0.